The van der Waals surface area contributed by atoms with Crippen LogP contribution in [0.25, 0.3) is 0 Å². The van der Waals surface area contributed by atoms with Crippen LogP contribution in [0.4, 0.5) is 11.4 Å². The second-order valence-corrected chi connectivity index (χ2v) is 4.75. The van der Waals surface area contributed by atoms with Gasteiger partial charge in [0.15, 0.2) is 0 Å². The molecule has 0 spiro atoms. The zero-order valence-corrected chi connectivity index (χ0v) is 11.6. The highest BCUT2D eigenvalue weighted by atomic mass is 35.5. The number of nitro groups is 1. The third-order valence-electron chi connectivity index (χ3n) is 2.86. The number of carbonyl (C=O) groups excluding carboxylic acids is 1. The van der Waals surface area contributed by atoms with Crippen LogP contribution in [-0.2, 0) is 6.54 Å². The quantitative estimate of drug-likeness (QED) is 0.515. The van der Waals surface area contributed by atoms with Crippen LogP contribution in [0.2, 0.25) is 5.02 Å². The molecule has 0 fully saturated rings. The molecule has 7 heteroatoms. The van der Waals surface area contributed by atoms with Crippen molar-refractivity contribution in [1.29, 1.82) is 0 Å². The summed E-state index contributed by atoms with van der Waals surface area (Å²) in [6, 6.07) is 11.2. The SMILES string of the molecule is Nc1cccc(C(=O)NCc2ccc(Cl)cc2)c1[N+](=O)[O-]. The van der Waals surface area contributed by atoms with Gasteiger partial charge in [-0.25, -0.2) is 0 Å². The fourth-order valence-electron chi connectivity index (χ4n) is 1.83. The lowest BCUT2D eigenvalue weighted by molar-refractivity contribution is -0.384. The van der Waals surface area contributed by atoms with Gasteiger partial charge in [-0.2, -0.15) is 0 Å². The van der Waals surface area contributed by atoms with E-state index in [9.17, 15) is 14.9 Å². The second kappa shape index (κ2) is 6.23. The molecule has 21 heavy (non-hydrogen) atoms. The maximum Gasteiger partial charge on any atom is 0.304 e. The lowest BCUT2D eigenvalue weighted by Gasteiger charge is -2.07. The minimum Gasteiger partial charge on any atom is -0.393 e. The van der Waals surface area contributed by atoms with E-state index in [1.165, 1.54) is 18.2 Å². The van der Waals surface area contributed by atoms with Crippen LogP contribution in [0.1, 0.15) is 15.9 Å². The summed E-state index contributed by atoms with van der Waals surface area (Å²) in [6.07, 6.45) is 0. The maximum absolute atomic E-state index is 12.1. The Morgan fingerprint density at radius 3 is 2.52 bits per heavy atom. The molecule has 0 radical (unpaired) electrons. The third-order valence-corrected chi connectivity index (χ3v) is 3.11. The van der Waals surface area contributed by atoms with Gasteiger partial charge in [0.2, 0.25) is 0 Å². The van der Waals surface area contributed by atoms with Crippen molar-refractivity contribution in [2.45, 2.75) is 6.54 Å². The van der Waals surface area contributed by atoms with Gasteiger partial charge in [0.1, 0.15) is 11.3 Å². The van der Waals surface area contributed by atoms with Crippen molar-refractivity contribution in [1.82, 2.24) is 5.32 Å². The predicted molar refractivity (Wildman–Crippen MR) is 80.1 cm³/mol. The van der Waals surface area contributed by atoms with Crippen molar-refractivity contribution < 1.29 is 9.72 Å². The average Bonchev–Trinajstić information content (AvgIpc) is 2.45. The van der Waals surface area contributed by atoms with E-state index in [2.05, 4.69) is 5.32 Å². The number of halogens is 1. The average molecular weight is 306 g/mol. The maximum atomic E-state index is 12.1. The number of para-hydroxylation sites is 1. The largest absolute Gasteiger partial charge is 0.393 e. The molecular formula is C14H12ClN3O3. The molecule has 2 aromatic carbocycles. The number of amides is 1. The zero-order chi connectivity index (χ0) is 15.4. The van der Waals surface area contributed by atoms with Gasteiger partial charge in [-0.05, 0) is 29.8 Å². The minimum absolute atomic E-state index is 0.0425. The van der Waals surface area contributed by atoms with Gasteiger partial charge >= 0.3 is 5.69 Å². The lowest BCUT2D eigenvalue weighted by atomic mass is 10.1. The first-order valence-corrected chi connectivity index (χ1v) is 6.42. The Labute approximate surface area is 125 Å². The Morgan fingerprint density at radius 2 is 1.90 bits per heavy atom. The lowest BCUT2D eigenvalue weighted by Crippen LogP contribution is -2.24. The summed E-state index contributed by atoms with van der Waals surface area (Å²) in [5, 5.41) is 14.2. The molecule has 0 heterocycles. The van der Waals surface area contributed by atoms with E-state index < -0.39 is 10.8 Å². The zero-order valence-electron chi connectivity index (χ0n) is 10.9. The van der Waals surface area contributed by atoms with Gasteiger partial charge in [0.05, 0.1) is 4.92 Å². The van der Waals surface area contributed by atoms with E-state index in [1.54, 1.807) is 24.3 Å². The number of nitrogens with one attached hydrogen (secondary N) is 1. The van der Waals surface area contributed by atoms with E-state index in [4.69, 9.17) is 17.3 Å². The predicted octanol–water partition coefficient (Wildman–Crippen LogP) is 2.76. The van der Waals surface area contributed by atoms with Gasteiger partial charge in [0, 0.05) is 11.6 Å². The van der Waals surface area contributed by atoms with Crippen molar-refractivity contribution in [3.63, 3.8) is 0 Å². The molecule has 1 amide bonds. The molecule has 0 unspecified atom stereocenters. The topological polar surface area (TPSA) is 98.3 Å². The monoisotopic (exact) mass is 305 g/mol. The molecule has 2 aromatic rings. The van der Waals surface area contributed by atoms with E-state index in [0.717, 1.165) is 5.56 Å². The smallest absolute Gasteiger partial charge is 0.304 e. The number of nitrogen functional groups attached to an aromatic ring is 1. The summed E-state index contributed by atoms with van der Waals surface area (Å²) in [5.74, 6) is -0.552. The first-order valence-electron chi connectivity index (χ1n) is 6.04. The Hall–Kier alpha value is -2.60. The number of nitro benzene ring substituents is 1. The van der Waals surface area contributed by atoms with Crippen LogP contribution in [0.15, 0.2) is 42.5 Å². The highest BCUT2D eigenvalue weighted by molar-refractivity contribution is 6.30. The van der Waals surface area contributed by atoms with Gasteiger partial charge in [-0.15, -0.1) is 0 Å². The summed E-state index contributed by atoms with van der Waals surface area (Å²) in [4.78, 5) is 22.4. The summed E-state index contributed by atoms with van der Waals surface area (Å²) in [7, 11) is 0. The molecule has 0 aromatic heterocycles. The molecule has 0 bridgehead atoms. The van der Waals surface area contributed by atoms with E-state index in [1.807, 2.05) is 0 Å². The van der Waals surface area contributed by atoms with E-state index in [-0.39, 0.29) is 23.5 Å². The number of nitrogens with zero attached hydrogens (tertiary/aromatic N) is 1. The highest BCUT2D eigenvalue weighted by Gasteiger charge is 2.22. The van der Waals surface area contributed by atoms with Crippen LogP contribution in [0.5, 0.6) is 0 Å². The standard InChI is InChI=1S/C14H12ClN3O3/c15-10-6-4-9(5-7-10)8-17-14(19)11-2-1-3-12(16)13(11)18(20)21/h1-7H,8,16H2,(H,17,19). The first kappa shape index (κ1) is 14.8. The number of benzene rings is 2. The number of hydrogen-bond donors (Lipinski definition) is 2. The summed E-state index contributed by atoms with van der Waals surface area (Å²) in [5.41, 5.74) is 5.89. The summed E-state index contributed by atoms with van der Waals surface area (Å²) in [6.45, 7) is 0.238. The molecule has 0 aliphatic heterocycles. The Balaban J connectivity index is 2.16. The Bertz CT molecular complexity index is 686. The molecule has 0 aliphatic rings. The Kier molecular flexibility index (Phi) is 4.39. The first-order chi connectivity index (χ1) is 9.99. The fraction of sp³-hybridized carbons (Fsp3) is 0.0714. The van der Waals surface area contributed by atoms with Crippen LogP contribution in [0, 0.1) is 10.1 Å². The molecule has 108 valence electrons. The van der Waals surface area contributed by atoms with Crippen molar-refractivity contribution in [3.05, 3.63) is 68.7 Å². The van der Waals surface area contributed by atoms with Crippen molar-refractivity contribution in [2.75, 3.05) is 5.73 Å². The van der Waals surface area contributed by atoms with Crippen molar-refractivity contribution >= 4 is 28.9 Å². The van der Waals surface area contributed by atoms with Crippen LogP contribution < -0.4 is 11.1 Å². The molecule has 2 rings (SSSR count). The number of carbonyl (C=O) groups is 1. The summed E-state index contributed by atoms with van der Waals surface area (Å²) < 4.78 is 0. The van der Waals surface area contributed by atoms with Crippen LogP contribution >= 0.6 is 11.6 Å². The van der Waals surface area contributed by atoms with Gasteiger partial charge < -0.3 is 11.1 Å². The number of nitrogens with two attached hydrogens (primary N) is 1. The van der Waals surface area contributed by atoms with Gasteiger partial charge in [-0.1, -0.05) is 29.8 Å². The third kappa shape index (κ3) is 3.49. The molecular weight excluding hydrogens is 294 g/mol. The fourth-order valence-corrected chi connectivity index (χ4v) is 1.95. The molecule has 0 saturated heterocycles. The van der Waals surface area contributed by atoms with Crippen LogP contribution in [-0.4, -0.2) is 10.8 Å². The number of rotatable bonds is 4. The van der Waals surface area contributed by atoms with E-state index >= 15 is 0 Å². The Morgan fingerprint density at radius 1 is 1.24 bits per heavy atom. The van der Waals surface area contributed by atoms with Crippen molar-refractivity contribution in [2.24, 2.45) is 0 Å². The molecule has 3 N–H and O–H groups in total. The summed E-state index contributed by atoms with van der Waals surface area (Å²) >= 11 is 5.77. The normalized spacial score (nSPS) is 10.1. The molecule has 0 aliphatic carbocycles. The van der Waals surface area contributed by atoms with Crippen molar-refractivity contribution in [3.8, 4) is 0 Å². The molecule has 0 saturated carbocycles. The van der Waals surface area contributed by atoms with E-state index in [0.29, 0.717) is 5.02 Å². The van der Waals surface area contributed by atoms with Gasteiger partial charge in [-0.3, -0.25) is 14.9 Å². The number of anilines is 1. The second-order valence-electron chi connectivity index (χ2n) is 4.31. The molecule has 0 atom stereocenters. The highest BCUT2D eigenvalue weighted by Crippen LogP contribution is 2.25. The van der Waals surface area contributed by atoms with Gasteiger partial charge in [0.25, 0.3) is 5.91 Å². The minimum atomic E-state index is -0.660. The van der Waals surface area contributed by atoms with Crippen LogP contribution in [0.3, 0.4) is 0 Å². The number of hydrogen-bond acceptors (Lipinski definition) is 4. The molecule has 6 nitrogen and oxygen atoms in total.